The summed E-state index contributed by atoms with van der Waals surface area (Å²) in [5.74, 6) is 0.524. The van der Waals surface area contributed by atoms with Crippen molar-refractivity contribution in [1.82, 2.24) is 0 Å². The Morgan fingerprint density at radius 2 is 1.89 bits per heavy atom. The van der Waals surface area contributed by atoms with E-state index in [1.807, 2.05) is 37.3 Å². The van der Waals surface area contributed by atoms with Crippen LogP contribution in [-0.2, 0) is 4.74 Å². The van der Waals surface area contributed by atoms with Gasteiger partial charge >= 0.3 is 0 Å². The molecule has 0 fully saturated rings. The quantitative estimate of drug-likeness (QED) is 0.538. The molecule has 3 rings (SSSR count). The molecule has 0 heterocycles. The predicted molar refractivity (Wildman–Crippen MR) is 110 cm³/mol. The summed E-state index contributed by atoms with van der Waals surface area (Å²) in [6.45, 7) is 2.52. The molecule has 1 aliphatic carbocycles. The van der Waals surface area contributed by atoms with E-state index < -0.39 is 0 Å². The van der Waals surface area contributed by atoms with E-state index in [0.29, 0.717) is 17.9 Å². The first-order chi connectivity index (χ1) is 13.1. The van der Waals surface area contributed by atoms with Gasteiger partial charge in [-0.05, 0) is 78.5 Å². The van der Waals surface area contributed by atoms with Gasteiger partial charge in [0.25, 0.3) is 0 Å². The molecule has 3 nitrogen and oxygen atoms in total. The summed E-state index contributed by atoms with van der Waals surface area (Å²) in [6.07, 6.45) is 9.02. The Kier molecular flexibility index (Phi) is 5.87. The number of anilines is 1. The van der Waals surface area contributed by atoms with Crippen LogP contribution < -0.4 is 5.73 Å². The number of hydrogen-bond acceptors (Lipinski definition) is 3. The lowest BCUT2D eigenvalue weighted by Gasteiger charge is -2.18. The van der Waals surface area contributed by atoms with Crippen LogP contribution in [0.25, 0.3) is 11.1 Å². The number of nitrogens with one attached hydrogen (secondary N) is 1. The van der Waals surface area contributed by atoms with Crippen molar-refractivity contribution >= 4 is 23.0 Å². The number of hydrogen-bond donors (Lipinski definition) is 2. The second-order valence-corrected chi connectivity index (χ2v) is 6.31. The number of benzene rings is 2. The highest BCUT2D eigenvalue weighted by Crippen LogP contribution is 2.34. The van der Waals surface area contributed by atoms with Gasteiger partial charge in [0.05, 0.1) is 6.61 Å². The lowest BCUT2D eigenvalue weighted by atomic mass is 9.89. The van der Waals surface area contributed by atoms with Crippen LogP contribution in [0.5, 0.6) is 0 Å². The summed E-state index contributed by atoms with van der Waals surface area (Å²) in [5.41, 5.74) is 11.2. The second kappa shape index (κ2) is 8.49. The topological polar surface area (TPSA) is 59.1 Å². The molecule has 0 unspecified atom stereocenters. The molecule has 0 aromatic heterocycles. The van der Waals surface area contributed by atoms with Crippen molar-refractivity contribution in [2.75, 3.05) is 12.3 Å². The van der Waals surface area contributed by atoms with E-state index in [0.717, 1.165) is 40.9 Å². The van der Waals surface area contributed by atoms with Gasteiger partial charge in [0.2, 0.25) is 0 Å². The van der Waals surface area contributed by atoms with Crippen molar-refractivity contribution in [3.8, 4) is 0 Å². The third-order valence-corrected chi connectivity index (χ3v) is 4.51. The summed E-state index contributed by atoms with van der Waals surface area (Å²) in [5, 5.41) is 7.60. The first-order valence-corrected chi connectivity index (χ1v) is 9.03. The Bertz CT molecular complexity index is 924. The molecule has 0 radical (unpaired) electrons. The maximum atomic E-state index is 13.4. The monoisotopic (exact) mass is 362 g/mol. The summed E-state index contributed by atoms with van der Waals surface area (Å²) >= 11 is 0. The maximum Gasteiger partial charge on any atom is 0.123 e. The number of rotatable bonds is 5. The molecule has 0 amide bonds. The molecule has 2 aromatic carbocycles. The van der Waals surface area contributed by atoms with Gasteiger partial charge < -0.3 is 15.9 Å². The number of nitrogen functional groups attached to an aromatic ring is 1. The third-order valence-electron chi connectivity index (χ3n) is 4.51. The van der Waals surface area contributed by atoms with Gasteiger partial charge in [0.15, 0.2) is 0 Å². The van der Waals surface area contributed by atoms with Gasteiger partial charge in [-0.2, -0.15) is 0 Å². The van der Waals surface area contributed by atoms with Crippen LogP contribution in [-0.4, -0.2) is 12.8 Å². The highest BCUT2D eigenvalue weighted by molar-refractivity contribution is 5.98. The van der Waals surface area contributed by atoms with Crippen LogP contribution in [0.4, 0.5) is 10.1 Å². The van der Waals surface area contributed by atoms with Gasteiger partial charge in [-0.3, -0.25) is 0 Å². The Hall–Kier alpha value is -3.14. The van der Waals surface area contributed by atoms with E-state index in [1.165, 1.54) is 18.3 Å². The van der Waals surface area contributed by atoms with Gasteiger partial charge in [-0.25, -0.2) is 4.39 Å². The van der Waals surface area contributed by atoms with Crippen LogP contribution in [0.3, 0.4) is 0 Å². The van der Waals surface area contributed by atoms with Crippen LogP contribution in [0, 0.1) is 11.2 Å². The SMILES string of the molecule is CCOC1=CC(c2ccc(N)c(C=N)c2)=C(c2ccc(F)cc2)CCC=C1. The lowest BCUT2D eigenvalue weighted by molar-refractivity contribution is 0.242. The number of nitrogens with two attached hydrogens (primary N) is 1. The molecule has 0 bridgehead atoms. The van der Waals surface area contributed by atoms with E-state index in [1.54, 1.807) is 12.1 Å². The van der Waals surface area contributed by atoms with Gasteiger partial charge in [-0.1, -0.05) is 24.3 Å². The third kappa shape index (κ3) is 4.34. The van der Waals surface area contributed by atoms with Crippen molar-refractivity contribution in [2.45, 2.75) is 19.8 Å². The summed E-state index contributed by atoms with van der Waals surface area (Å²) < 4.78 is 19.2. The van der Waals surface area contributed by atoms with Crippen molar-refractivity contribution in [3.63, 3.8) is 0 Å². The fourth-order valence-electron chi connectivity index (χ4n) is 3.17. The molecule has 3 N–H and O–H groups in total. The molecule has 2 aromatic rings. The molecule has 0 saturated heterocycles. The van der Waals surface area contributed by atoms with E-state index >= 15 is 0 Å². The standard InChI is InChI=1S/C23H23FN2O/c1-2-27-20-5-3-4-6-21(16-7-10-19(24)11-8-16)22(14-20)17-9-12-23(26)18(13-17)15-25/h3,5,7-15,25H,2,4,6,26H2,1H3. The number of halogens is 1. The van der Waals surface area contributed by atoms with E-state index in [2.05, 4.69) is 6.08 Å². The van der Waals surface area contributed by atoms with Crippen molar-refractivity contribution in [2.24, 2.45) is 0 Å². The minimum atomic E-state index is -0.254. The highest BCUT2D eigenvalue weighted by atomic mass is 19.1. The van der Waals surface area contributed by atoms with Crippen LogP contribution in [0.2, 0.25) is 0 Å². The molecular formula is C23H23FN2O. The average Bonchev–Trinajstić information content (AvgIpc) is 2.66. The Labute approximate surface area is 159 Å². The second-order valence-electron chi connectivity index (χ2n) is 6.31. The normalized spacial score (nSPS) is 14.4. The predicted octanol–water partition coefficient (Wildman–Crippen LogP) is 5.59. The molecular weight excluding hydrogens is 339 g/mol. The Morgan fingerprint density at radius 3 is 2.59 bits per heavy atom. The Morgan fingerprint density at radius 1 is 1.15 bits per heavy atom. The first kappa shape index (κ1) is 18.6. The molecule has 0 spiro atoms. The van der Waals surface area contributed by atoms with E-state index in [9.17, 15) is 4.39 Å². The van der Waals surface area contributed by atoms with Crippen LogP contribution in [0.15, 0.2) is 66.5 Å². The van der Waals surface area contributed by atoms with Crippen molar-refractivity contribution in [1.29, 1.82) is 5.41 Å². The fourth-order valence-corrected chi connectivity index (χ4v) is 3.17. The minimum absolute atomic E-state index is 0.254. The van der Waals surface area contributed by atoms with Crippen LogP contribution >= 0.6 is 0 Å². The van der Waals surface area contributed by atoms with Crippen molar-refractivity contribution < 1.29 is 9.13 Å². The van der Waals surface area contributed by atoms with E-state index in [4.69, 9.17) is 15.9 Å². The van der Waals surface area contributed by atoms with Gasteiger partial charge in [-0.15, -0.1) is 0 Å². The zero-order valence-corrected chi connectivity index (χ0v) is 15.3. The first-order valence-electron chi connectivity index (χ1n) is 9.03. The highest BCUT2D eigenvalue weighted by Gasteiger charge is 2.14. The minimum Gasteiger partial charge on any atom is -0.494 e. The molecule has 0 saturated carbocycles. The number of allylic oxidation sites excluding steroid dienone is 5. The molecule has 138 valence electrons. The number of ether oxygens (including phenoxy) is 1. The molecule has 4 heteroatoms. The van der Waals surface area contributed by atoms with Gasteiger partial charge in [0.1, 0.15) is 11.6 Å². The average molecular weight is 362 g/mol. The molecule has 0 atom stereocenters. The van der Waals surface area contributed by atoms with Crippen LogP contribution in [0.1, 0.15) is 36.5 Å². The summed E-state index contributed by atoms with van der Waals surface area (Å²) in [7, 11) is 0. The summed E-state index contributed by atoms with van der Waals surface area (Å²) in [4.78, 5) is 0. The molecule has 0 aliphatic heterocycles. The van der Waals surface area contributed by atoms with E-state index in [-0.39, 0.29) is 5.82 Å². The zero-order chi connectivity index (χ0) is 19.2. The molecule has 1 aliphatic rings. The smallest absolute Gasteiger partial charge is 0.123 e. The maximum absolute atomic E-state index is 13.4. The van der Waals surface area contributed by atoms with Gasteiger partial charge in [0, 0.05) is 17.5 Å². The summed E-state index contributed by atoms with van der Waals surface area (Å²) in [6, 6.07) is 12.2. The Balaban J connectivity index is 2.24. The fraction of sp³-hybridized carbons (Fsp3) is 0.174. The zero-order valence-electron chi connectivity index (χ0n) is 15.3. The molecule has 27 heavy (non-hydrogen) atoms. The largest absolute Gasteiger partial charge is 0.494 e. The van der Waals surface area contributed by atoms with Crippen molar-refractivity contribution in [3.05, 3.63) is 89.0 Å². The lowest BCUT2D eigenvalue weighted by Crippen LogP contribution is -1.99.